The van der Waals surface area contributed by atoms with Crippen LogP contribution in [-0.2, 0) is 6.42 Å². The minimum Gasteiger partial charge on any atom is -0.388 e. The van der Waals surface area contributed by atoms with Crippen LogP contribution in [0.15, 0.2) is 55.1 Å². The molecule has 1 atom stereocenters. The zero-order valence-electron chi connectivity index (χ0n) is 10.3. The molecule has 94 valence electrons. The number of aromatic nitrogens is 3. The highest BCUT2D eigenvalue weighted by Gasteiger charge is 2.13. The van der Waals surface area contributed by atoms with E-state index in [1.54, 1.807) is 24.8 Å². The lowest BCUT2D eigenvalue weighted by Gasteiger charge is -2.12. The molecule has 1 N–H and O–H groups in total. The largest absolute Gasteiger partial charge is 0.388 e. The van der Waals surface area contributed by atoms with Crippen molar-refractivity contribution in [1.29, 1.82) is 0 Å². The minimum atomic E-state index is -0.595. The van der Waals surface area contributed by atoms with Gasteiger partial charge in [0.2, 0.25) is 0 Å². The molecule has 0 saturated carbocycles. The number of hydrogen-bond acceptors (Lipinski definition) is 4. The molecule has 0 radical (unpaired) electrons. The fourth-order valence-corrected chi connectivity index (χ4v) is 2.14. The molecule has 4 heteroatoms. The molecule has 1 aromatic carbocycles. The van der Waals surface area contributed by atoms with E-state index in [1.807, 2.05) is 30.3 Å². The number of fused-ring (bicyclic) bond motifs is 1. The number of pyridine rings is 1. The topological polar surface area (TPSA) is 58.9 Å². The van der Waals surface area contributed by atoms with E-state index in [4.69, 9.17) is 0 Å². The average molecular weight is 251 g/mol. The van der Waals surface area contributed by atoms with Crippen molar-refractivity contribution in [2.75, 3.05) is 0 Å². The normalized spacial score (nSPS) is 12.5. The van der Waals surface area contributed by atoms with Gasteiger partial charge in [0.15, 0.2) is 0 Å². The molecule has 2 heterocycles. The summed E-state index contributed by atoms with van der Waals surface area (Å²) in [5.41, 5.74) is 3.41. The summed E-state index contributed by atoms with van der Waals surface area (Å²) in [5.74, 6) is 0. The molecule has 4 nitrogen and oxygen atoms in total. The van der Waals surface area contributed by atoms with Gasteiger partial charge in [-0.15, -0.1) is 0 Å². The van der Waals surface area contributed by atoms with Crippen molar-refractivity contribution >= 4 is 11.0 Å². The maximum Gasteiger partial charge on any atom is 0.0944 e. The first-order valence-electron chi connectivity index (χ1n) is 6.11. The average Bonchev–Trinajstić information content (AvgIpc) is 2.47. The second-order valence-corrected chi connectivity index (χ2v) is 4.35. The highest BCUT2D eigenvalue weighted by Crippen LogP contribution is 2.23. The van der Waals surface area contributed by atoms with Crippen LogP contribution in [0.3, 0.4) is 0 Å². The second-order valence-electron chi connectivity index (χ2n) is 4.35. The van der Waals surface area contributed by atoms with Crippen LogP contribution in [0.5, 0.6) is 0 Å². The Kier molecular flexibility index (Phi) is 3.16. The van der Waals surface area contributed by atoms with Crippen molar-refractivity contribution in [1.82, 2.24) is 15.0 Å². The van der Waals surface area contributed by atoms with E-state index in [0.717, 1.165) is 22.2 Å². The molecular weight excluding hydrogens is 238 g/mol. The smallest absolute Gasteiger partial charge is 0.0944 e. The number of hydrogen-bond donors (Lipinski definition) is 1. The third kappa shape index (κ3) is 2.44. The summed E-state index contributed by atoms with van der Waals surface area (Å²) >= 11 is 0. The standard InChI is InChI=1S/C15H13N3O/c19-14(10-11-4-6-16-7-5-11)12-2-1-3-13-15(12)18-9-8-17-13/h1-9,14,19H,10H2. The summed E-state index contributed by atoms with van der Waals surface area (Å²) < 4.78 is 0. The molecule has 3 aromatic rings. The van der Waals surface area contributed by atoms with Crippen molar-refractivity contribution < 1.29 is 5.11 Å². The monoisotopic (exact) mass is 251 g/mol. The molecule has 1 unspecified atom stereocenters. The SMILES string of the molecule is OC(Cc1ccncc1)c1cccc2nccnc12. The Morgan fingerprint density at radius 2 is 1.74 bits per heavy atom. The summed E-state index contributed by atoms with van der Waals surface area (Å²) in [4.78, 5) is 12.5. The van der Waals surface area contributed by atoms with Crippen LogP contribution < -0.4 is 0 Å². The Morgan fingerprint density at radius 3 is 2.58 bits per heavy atom. The molecule has 0 amide bonds. The lowest BCUT2D eigenvalue weighted by atomic mass is 10.0. The molecule has 0 aliphatic heterocycles. The van der Waals surface area contributed by atoms with E-state index < -0.39 is 6.10 Å². The zero-order valence-corrected chi connectivity index (χ0v) is 10.3. The molecule has 0 aliphatic rings. The van der Waals surface area contributed by atoms with E-state index in [9.17, 15) is 5.11 Å². The van der Waals surface area contributed by atoms with E-state index in [2.05, 4.69) is 15.0 Å². The number of rotatable bonds is 3. The predicted molar refractivity (Wildman–Crippen MR) is 72.4 cm³/mol. The Balaban J connectivity index is 1.96. The Hall–Kier alpha value is -2.33. The van der Waals surface area contributed by atoms with Crippen LogP contribution in [0, 0.1) is 0 Å². The molecule has 2 aromatic heterocycles. The molecule has 0 saturated heterocycles. The van der Waals surface area contributed by atoms with Crippen molar-refractivity contribution in [2.45, 2.75) is 12.5 Å². The van der Waals surface area contributed by atoms with Crippen LogP contribution >= 0.6 is 0 Å². The van der Waals surface area contributed by atoms with Gasteiger partial charge in [-0.1, -0.05) is 12.1 Å². The van der Waals surface area contributed by atoms with Crippen LogP contribution in [0.2, 0.25) is 0 Å². The van der Waals surface area contributed by atoms with Gasteiger partial charge in [0.25, 0.3) is 0 Å². The maximum atomic E-state index is 10.4. The summed E-state index contributed by atoms with van der Waals surface area (Å²) in [7, 11) is 0. The third-order valence-electron chi connectivity index (χ3n) is 3.07. The van der Waals surface area contributed by atoms with Gasteiger partial charge in [0.1, 0.15) is 0 Å². The number of aliphatic hydroxyl groups is 1. The highest BCUT2D eigenvalue weighted by atomic mass is 16.3. The molecule has 0 bridgehead atoms. The molecular formula is C15H13N3O. The predicted octanol–water partition coefficient (Wildman–Crippen LogP) is 2.30. The summed E-state index contributed by atoms with van der Waals surface area (Å²) in [5, 5.41) is 10.4. The lowest BCUT2D eigenvalue weighted by molar-refractivity contribution is 0.180. The van der Waals surface area contributed by atoms with Gasteiger partial charge in [0, 0.05) is 36.8 Å². The maximum absolute atomic E-state index is 10.4. The Bertz CT molecular complexity index is 680. The second kappa shape index (κ2) is 5.12. The summed E-state index contributed by atoms with van der Waals surface area (Å²) in [6, 6.07) is 9.48. The summed E-state index contributed by atoms with van der Waals surface area (Å²) in [6.07, 6.45) is 6.70. The molecule has 3 rings (SSSR count). The number of benzene rings is 1. The molecule has 19 heavy (non-hydrogen) atoms. The fourth-order valence-electron chi connectivity index (χ4n) is 2.14. The first-order valence-corrected chi connectivity index (χ1v) is 6.11. The van der Waals surface area contributed by atoms with Gasteiger partial charge < -0.3 is 5.11 Å². The van der Waals surface area contributed by atoms with E-state index in [-0.39, 0.29) is 0 Å². The van der Waals surface area contributed by atoms with Crippen LogP contribution in [0.1, 0.15) is 17.2 Å². The highest BCUT2D eigenvalue weighted by molar-refractivity contribution is 5.77. The van der Waals surface area contributed by atoms with Crippen molar-refractivity contribution in [3.63, 3.8) is 0 Å². The van der Waals surface area contributed by atoms with Crippen molar-refractivity contribution in [2.24, 2.45) is 0 Å². The Labute approximate surface area is 110 Å². The summed E-state index contributed by atoms with van der Waals surface area (Å²) in [6.45, 7) is 0. The van der Waals surface area contributed by atoms with Crippen LogP contribution in [0.4, 0.5) is 0 Å². The van der Waals surface area contributed by atoms with Crippen LogP contribution in [-0.4, -0.2) is 20.1 Å². The number of nitrogens with zero attached hydrogens (tertiary/aromatic N) is 3. The Morgan fingerprint density at radius 1 is 0.947 bits per heavy atom. The third-order valence-corrected chi connectivity index (χ3v) is 3.07. The molecule has 0 spiro atoms. The fraction of sp³-hybridized carbons (Fsp3) is 0.133. The van der Waals surface area contributed by atoms with E-state index in [0.29, 0.717) is 6.42 Å². The van der Waals surface area contributed by atoms with Crippen molar-refractivity contribution in [3.8, 4) is 0 Å². The van der Waals surface area contributed by atoms with Gasteiger partial charge in [-0.05, 0) is 23.8 Å². The van der Waals surface area contributed by atoms with E-state index in [1.165, 1.54) is 0 Å². The van der Waals surface area contributed by atoms with Crippen LogP contribution in [0.25, 0.3) is 11.0 Å². The lowest BCUT2D eigenvalue weighted by Crippen LogP contribution is -2.03. The van der Waals surface area contributed by atoms with Gasteiger partial charge in [-0.2, -0.15) is 0 Å². The first kappa shape index (κ1) is 11.7. The number of para-hydroxylation sites is 1. The quantitative estimate of drug-likeness (QED) is 0.776. The zero-order chi connectivity index (χ0) is 13.1. The number of aliphatic hydroxyl groups excluding tert-OH is 1. The molecule has 0 aliphatic carbocycles. The van der Waals surface area contributed by atoms with Gasteiger partial charge in [0.05, 0.1) is 17.1 Å². The van der Waals surface area contributed by atoms with E-state index >= 15 is 0 Å². The van der Waals surface area contributed by atoms with Gasteiger partial charge in [-0.25, -0.2) is 0 Å². The molecule has 0 fully saturated rings. The first-order chi connectivity index (χ1) is 9.34. The van der Waals surface area contributed by atoms with Gasteiger partial charge in [-0.3, -0.25) is 15.0 Å². The minimum absolute atomic E-state index is 0.540. The van der Waals surface area contributed by atoms with Gasteiger partial charge >= 0.3 is 0 Å². The van der Waals surface area contributed by atoms with Crippen molar-refractivity contribution in [3.05, 3.63) is 66.2 Å².